The van der Waals surface area contributed by atoms with Gasteiger partial charge in [0, 0.05) is 18.1 Å². The molecule has 2 aromatic carbocycles. The van der Waals surface area contributed by atoms with E-state index in [1.54, 1.807) is 0 Å². The lowest BCUT2D eigenvalue weighted by Gasteiger charge is -2.21. The lowest BCUT2D eigenvalue weighted by molar-refractivity contribution is 0.877. The standard InChI is InChI=1S/C16H19BrN2/c1-12-3-8-16(15(18)11-12)19(2)10-9-13-4-6-14(17)7-5-13/h3-8,11H,9-10,18H2,1-2H3. The van der Waals surface area contributed by atoms with E-state index in [4.69, 9.17) is 5.73 Å². The van der Waals surface area contributed by atoms with Gasteiger partial charge in [0.25, 0.3) is 0 Å². The summed E-state index contributed by atoms with van der Waals surface area (Å²) in [5, 5.41) is 0. The minimum atomic E-state index is 0.846. The van der Waals surface area contributed by atoms with Gasteiger partial charge in [-0.05, 0) is 48.7 Å². The van der Waals surface area contributed by atoms with E-state index in [1.165, 1.54) is 11.1 Å². The first-order valence-electron chi connectivity index (χ1n) is 6.38. The van der Waals surface area contributed by atoms with Gasteiger partial charge in [-0.2, -0.15) is 0 Å². The molecule has 0 aliphatic rings. The Bertz CT molecular complexity index is 549. The van der Waals surface area contributed by atoms with Crippen LogP contribution in [-0.2, 0) is 6.42 Å². The van der Waals surface area contributed by atoms with Gasteiger partial charge in [-0.3, -0.25) is 0 Å². The van der Waals surface area contributed by atoms with Gasteiger partial charge >= 0.3 is 0 Å². The smallest absolute Gasteiger partial charge is 0.0597 e. The van der Waals surface area contributed by atoms with Crippen LogP contribution in [0.25, 0.3) is 0 Å². The highest BCUT2D eigenvalue weighted by Crippen LogP contribution is 2.23. The van der Waals surface area contributed by atoms with E-state index in [-0.39, 0.29) is 0 Å². The third-order valence-corrected chi connectivity index (χ3v) is 3.77. The zero-order valence-electron chi connectivity index (χ0n) is 11.4. The molecule has 0 heterocycles. The molecule has 0 aromatic heterocycles. The molecule has 100 valence electrons. The monoisotopic (exact) mass is 318 g/mol. The number of nitrogen functional groups attached to an aromatic ring is 1. The maximum atomic E-state index is 6.06. The average Bonchev–Trinajstić information content (AvgIpc) is 2.37. The normalized spacial score (nSPS) is 10.5. The Morgan fingerprint density at radius 2 is 1.79 bits per heavy atom. The van der Waals surface area contributed by atoms with E-state index >= 15 is 0 Å². The second-order valence-electron chi connectivity index (χ2n) is 4.86. The first kappa shape index (κ1) is 13.9. The maximum absolute atomic E-state index is 6.06. The van der Waals surface area contributed by atoms with Crippen LogP contribution >= 0.6 is 15.9 Å². The molecular formula is C16H19BrN2. The molecule has 0 fully saturated rings. The van der Waals surface area contributed by atoms with E-state index in [1.807, 2.05) is 6.07 Å². The van der Waals surface area contributed by atoms with E-state index in [2.05, 4.69) is 71.2 Å². The minimum absolute atomic E-state index is 0.846. The Morgan fingerprint density at radius 3 is 2.42 bits per heavy atom. The topological polar surface area (TPSA) is 29.3 Å². The van der Waals surface area contributed by atoms with Gasteiger partial charge in [-0.1, -0.05) is 34.1 Å². The third-order valence-electron chi connectivity index (χ3n) is 3.24. The molecule has 2 nitrogen and oxygen atoms in total. The van der Waals surface area contributed by atoms with Gasteiger partial charge < -0.3 is 10.6 Å². The van der Waals surface area contributed by atoms with E-state index in [0.29, 0.717) is 0 Å². The molecule has 19 heavy (non-hydrogen) atoms. The Labute approximate surface area is 123 Å². The van der Waals surface area contributed by atoms with Gasteiger partial charge in [0.15, 0.2) is 0 Å². The zero-order chi connectivity index (χ0) is 13.8. The van der Waals surface area contributed by atoms with Crippen molar-refractivity contribution in [2.45, 2.75) is 13.3 Å². The summed E-state index contributed by atoms with van der Waals surface area (Å²) in [6.45, 7) is 3.01. The van der Waals surface area contributed by atoms with E-state index < -0.39 is 0 Å². The fourth-order valence-electron chi connectivity index (χ4n) is 2.09. The highest BCUT2D eigenvalue weighted by molar-refractivity contribution is 9.10. The molecule has 2 aromatic rings. The van der Waals surface area contributed by atoms with Crippen LogP contribution in [0.5, 0.6) is 0 Å². The van der Waals surface area contributed by atoms with E-state index in [0.717, 1.165) is 28.8 Å². The largest absolute Gasteiger partial charge is 0.397 e. The molecule has 0 unspecified atom stereocenters. The van der Waals surface area contributed by atoms with Crippen molar-refractivity contribution < 1.29 is 0 Å². The maximum Gasteiger partial charge on any atom is 0.0597 e. The molecule has 0 aliphatic carbocycles. The Balaban J connectivity index is 2.01. The number of hydrogen-bond acceptors (Lipinski definition) is 2. The molecule has 0 amide bonds. The molecule has 0 saturated heterocycles. The summed E-state index contributed by atoms with van der Waals surface area (Å²) in [4.78, 5) is 2.21. The van der Waals surface area contributed by atoms with Gasteiger partial charge in [0.1, 0.15) is 0 Å². The molecular weight excluding hydrogens is 300 g/mol. The van der Waals surface area contributed by atoms with Crippen LogP contribution in [0.1, 0.15) is 11.1 Å². The molecule has 0 atom stereocenters. The SMILES string of the molecule is Cc1ccc(N(C)CCc2ccc(Br)cc2)c(N)c1. The van der Waals surface area contributed by atoms with Crippen molar-refractivity contribution in [3.8, 4) is 0 Å². The van der Waals surface area contributed by atoms with Gasteiger partial charge in [0.2, 0.25) is 0 Å². The fraction of sp³-hybridized carbons (Fsp3) is 0.250. The molecule has 0 spiro atoms. The second-order valence-corrected chi connectivity index (χ2v) is 5.78. The number of likely N-dealkylation sites (N-methyl/N-ethyl adjacent to an activating group) is 1. The Morgan fingerprint density at radius 1 is 1.11 bits per heavy atom. The van der Waals surface area contributed by atoms with Crippen molar-refractivity contribution in [2.75, 3.05) is 24.2 Å². The average molecular weight is 319 g/mol. The fourth-order valence-corrected chi connectivity index (χ4v) is 2.35. The zero-order valence-corrected chi connectivity index (χ0v) is 12.9. The van der Waals surface area contributed by atoms with Crippen molar-refractivity contribution in [1.29, 1.82) is 0 Å². The van der Waals surface area contributed by atoms with Crippen molar-refractivity contribution in [3.05, 3.63) is 58.1 Å². The molecule has 0 saturated carbocycles. The number of anilines is 2. The van der Waals surface area contributed by atoms with Crippen molar-refractivity contribution >= 4 is 27.3 Å². The molecule has 0 bridgehead atoms. The summed E-state index contributed by atoms with van der Waals surface area (Å²) in [7, 11) is 2.08. The third kappa shape index (κ3) is 3.74. The lowest BCUT2D eigenvalue weighted by Crippen LogP contribution is -2.21. The van der Waals surface area contributed by atoms with Gasteiger partial charge in [-0.25, -0.2) is 0 Å². The summed E-state index contributed by atoms with van der Waals surface area (Å²) in [5.74, 6) is 0. The van der Waals surface area contributed by atoms with Crippen molar-refractivity contribution in [3.63, 3.8) is 0 Å². The van der Waals surface area contributed by atoms with Gasteiger partial charge in [-0.15, -0.1) is 0 Å². The summed E-state index contributed by atoms with van der Waals surface area (Å²) in [6, 6.07) is 14.7. The summed E-state index contributed by atoms with van der Waals surface area (Å²) in [5.41, 5.74) is 10.5. The number of benzene rings is 2. The lowest BCUT2D eigenvalue weighted by atomic mass is 10.1. The van der Waals surface area contributed by atoms with Crippen LogP contribution in [0.4, 0.5) is 11.4 Å². The number of halogens is 1. The highest BCUT2D eigenvalue weighted by Gasteiger charge is 2.05. The van der Waals surface area contributed by atoms with Crippen LogP contribution in [-0.4, -0.2) is 13.6 Å². The number of nitrogens with two attached hydrogens (primary N) is 1. The number of nitrogens with zero attached hydrogens (tertiary/aromatic N) is 1. The Hall–Kier alpha value is -1.48. The quantitative estimate of drug-likeness (QED) is 0.863. The van der Waals surface area contributed by atoms with Crippen molar-refractivity contribution in [2.24, 2.45) is 0 Å². The number of aryl methyl sites for hydroxylation is 1. The molecule has 0 radical (unpaired) electrons. The number of rotatable bonds is 4. The van der Waals surface area contributed by atoms with Crippen LogP contribution in [0.2, 0.25) is 0 Å². The minimum Gasteiger partial charge on any atom is -0.397 e. The van der Waals surface area contributed by atoms with Gasteiger partial charge in [0.05, 0.1) is 11.4 Å². The van der Waals surface area contributed by atoms with Crippen LogP contribution in [0, 0.1) is 6.92 Å². The molecule has 2 N–H and O–H groups in total. The van der Waals surface area contributed by atoms with Crippen LogP contribution in [0.3, 0.4) is 0 Å². The molecule has 3 heteroatoms. The van der Waals surface area contributed by atoms with Crippen LogP contribution in [0.15, 0.2) is 46.9 Å². The predicted molar refractivity (Wildman–Crippen MR) is 86.7 cm³/mol. The van der Waals surface area contributed by atoms with Crippen LogP contribution < -0.4 is 10.6 Å². The molecule has 0 aliphatic heterocycles. The van der Waals surface area contributed by atoms with Crippen molar-refractivity contribution in [1.82, 2.24) is 0 Å². The first-order chi connectivity index (χ1) is 9.06. The predicted octanol–water partition coefficient (Wildman–Crippen LogP) is 4.02. The summed E-state index contributed by atoms with van der Waals surface area (Å²) < 4.78 is 1.12. The summed E-state index contributed by atoms with van der Waals surface area (Å²) in [6.07, 6.45) is 1.01. The second kappa shape index (κ2) is 6.11. The van der Waals surface area contributed by atoms with E-state index in [9.17, 15) is 0 Å². The molecule has 2 rings (SSSR count). The number of hydrogen-bond donors (Lipinski definition) is 1. The highest BCUT2D eigenvalue weighted by atomic mass is 79.9. The summed E-state index contributed by atoms with van der Waals surface area (Å²) >= 11 is 3.45. The first-order valence-corrected chi connectivity index (χ1v) is 7.17. The Kier molecular flexibility index (Phi) is 4.48.